The average molecular weight is 296 g/mol. The summed E-state index contributed by atoms with van der Waals surface area (Å²) in [5, 5.41) is 22.2. The standard InChI is InChI=1S/C11H8N2O6S/c1-19-7-4-6(13(17)18)2-5(9(7)14)3-8-10(15)12-11(16)20-8/h2-4,14H,1H3,(H,12,15,16)/b8-3+. The monoisotopic (exact) mass is 296 g/mol. The summed E-state index contributed by atoms with van der Waals surface area (Å²) in [5.74, 6) is -1.07. The molecule has 1 heterocycles. The zero-order valence-corrected chi connectivity index (χ0v) is 10.9. The maximum absolute atomic E-state index is 11.4. The number of nitro benzene ring substituents is 1. The van der Waals surface area contributed by atoms with E-state index in [2.05, 4.69) is 0 Å². The maximum Gasteiger partial charge on any atom is 0.290 e. The van der Waals surface area contributed by atoms with Gasteiger partial charge in [0.25, 0.3) is 16.8 Å². The number of phenols is 1. The number of carbonyl (C=O) groups excluding carboxylic acids is 2. The van der Waals surface area contributed by atoms with Crippen LogP contribution in [-0.2, 0) is 4.79 Å². The SMILES string of the molecule is COc1cc([N+](=O)[O-])cc(/C=C2/SC(=O)NC2=O)c1O. The van der Waals surface area contributed by atoms with Gasteiger partial charge in [-0.3, -0.25) is 25.0 Å². The number of hydrogen-bond acceptors (Lipinski definition) is 7. The molecule has 0 radical (unpaired) electrons. The Morgan fingerprint density at radius 3 is 2.65 bits per heavy atom. The molecule has 0 aromatic heterocycles. The van der Waals surface area contributed by atoms with Gasteiger partial charge >= 0.3 is 0 Å². The number of nitro groups is 1. The Bertz CT molecular complexity index is 655. The van der Waals surface area contributed by atoms with Gasteiger partial charge in [0.2, 0.25) is 0 Å². The molecule has 8 nitrogen and oxygen atoms in total. The Kier molecular flexibility index (Phi) is 3.61. The van der Waals surface area contributed by atoms with Crippen molar-refractivity contribution in [3.63, 3.8) is 0 Å². The summed E-state index contributed by atoms with van der Waals surface area (Å²) in [4.78, 5) is 32.6. The van der Waals surface area contributed by atoms with Crippen LogP contribution in [0.3, 0.4) is 0 Å². The van der Waals surface area contributed by atoms with Crippen molar-refractivity contribution >= 4 is 34.7 Å². The highest BCUT2D eigenvalue weighted by molar-refractivity contribution is 8.18. The van der Waals surface area contributed by atoms with Crippen molar-refractivity contribution in [3.05, 3.63) is 32.7 Å². The molecule has 104 valence electrons. The lowest BCUT2D eigenvalue weighted by Gasteiger charge is -2.06. The molecule has 2 N–H and O–H groups in total. The largest absolute Gasteiger partial charge is 0.504 e. The van der Waals surface area contributed by atoms with Crippen molar-refractivity contribution in [1.29, 1.82) is 0 Å². The van der Waals surface area contributed by atoms with E-state index < -0.39 is 16.1 Å². The van der Waals surface area contributed by atoms with E-state index in [1.54, 1.807) is 0 Å². The number of thioether (sulfide) groups is 1. The van der Waals surface area contributed by atoms with Gasteiger partial charge in [-0.1, -0.05) is 0 Å². The van der Waals surface area contributed by atoms with Crippen molar-refractivity contribution in [3.8, 4) is 11.5 Å². The number of carbonyl (C=O) groups is 2. The molecule has 0 saturated carbocycles. The third kappa shape index (κ3) is 2.57. The van der Waals surface area contributed by atoms with E-state index in [1.807, 2.05) is 5.32 Å². The molecule has 9 heteroatoms. The Balaban J connectivity index is 2.53. The lowest BCUT2D eigenvalue weighted by atomic mass is 10.1. The van der Waals surface area contributed by atoms with Gasteiger partial charge in [-0.15, -0.1) is 0 Å². The Labute approximate surface area is 116 Å². The van der Waals surface area contributed by atoms with E-state index in [-0.39, 0.29) is 27.7 Å². The molecular formula is C11H8N2O6S. The van der Waals surface area contributed by atoms with Crippen LogP contribution in [0.2, 0.25) is 0 Å². The molecule has 20 heavy (non-hydrogen) atoms. The van der Waals surface area contributed by atoms with Crippen molar-refractivity contribution in [2.45, 2.75) is 0 Å². The second-order valence-corrected chi connectivity index (χ2v) is 4.71. The Morgan fingerprint density at radius 1 is 1.45 bits per heavy atom. The molecule has 0 atom stereocenters. The molecule has 1 fully saturated rings. The molecular weight excluding hydrogens is 288 g/mol. The number of rotatable bonds is 3. The summed E-state index contributed by atoms with van der Waals surface area (Å²) >= 11 is 0.645. The number of methoxy groups -OCH3 is 1. The van der Waals surface area contributed by atoms with Gasteiger partial charge in [0.15, 0.2) is 11.5 Å². The summed E-state index contributed by atoms with van der Waals surface area (Å²) in [6.45, 7) is 0. The predicted molar refractivity (Wildman–Crippen MR) is 70.4 cm³/mol. The molecule has 0 unspecified atom stereocenters. The Morgan fingerprint density at radius 2 is 2.15 bits per heavy atom. The molecule has 0 spiro atoms. The first-order chi connectivity index (χ1) is 9.42. The molecule has 1 aromatic carbocycles. The van der Waals surface area contributed by atoms with E-state index in [1.165, 1.54) is 13.2 Å². The normalized spacial score (nSPS) is 16.4. The maximum atomic E-state index is 11.4. The van der Waals surface area contributed by atoms with E-state index >= 15 is 0 Å². The van der Waals surface area contributed by atoms with Crippen LogP contribution in [0.25, 0.3) is 6.08 Å². The summed E-state index contributed by atoms with van der Waals surface area (Å²) in [6, 6.07) is 2.14. The first-order valence-corrected chi connectivity index (χ1v) is 6.04. The number of ether oxygens (including phenoxy) is 1. The lowest BCUT2D eigenvalue weighted by molar-refractivity contribution is -0.385. The van der Waals surface area contributed by atoms with Gasteiger partial charge in [0.05, 0.1) is 23.0 Å². The highest BCUT2D eigenvalue weighted by atomic mass is 32.2. The molecule has 1 aromatic rings. The van der Waals surface area contributed by atoms with Crippen LogP contribution in [0.1, 0.15) is 5.56 Å². The fraction of sp³-hybridized carbons (Fsp3) is 0.0909. The van der Waals surface area contributed by atoms with E-state index in [9.17, 15) is 24.8 Å². The van der Waals surface area contributed by atoms with Crippen LogP contribution in [0.4, 0.5) is 10.5 Å². The molecule has 1 aliphatic heterocycles. The van der Waals surface area contributed by atoms with Crippen LogP contribution in [0, 0.1) is 10.1 Å². The van der Waals surface area contributed by atoms with Gasteiger partial charge < -0.3 is 9.84 Å². The van der Waals surface area contributed by atoms with E-state index in [0.29, 0.717) is 11.8 Å². The summed E-state index contributed by atoms with van der Waals surface area (Å²) < 4.78 is 4.83. The van der Waals surface area contributed by atoms with Crippen LogP contribution in [0.15, 0.2) is 17.0 Å². The van der Waals surface area contributed by atoms with Gasteiger partial charge in [-0.05, 0) is 17.8 Å². The number of benzene rings is 1. The highest BCUT2D eigenvalue weighted by Crippen LogP contribution is 2.37. The number of hydrogen-bond donors (Lipinski definition) is 2. The fourth-order valence-corrected chi connectivity index (χ4v) is 2.22. The first kappa shape index (κ1) is 13.9. The second kappa shape index (κ2) is 5.21. The van der Waals surface area contributed by atoms with Gasteiger partial charge in [-0.2, -0.15) is 0 Å². The number of phenolic OH excluding ortho intramolecular Hbond substituents is 1. The van der Waals surface area contributed by atoms with Crippen LogP contribution in [-0.4, -0.2) is 28.3 Å². The number of nitrogens with one attached hydrogen (secondary N) is 1. The molecule has 1 aliphatic rings. The van der Waals surface area contributed by atoms with Crippen LogP contribution < -0.4 is 10.1 Å². The zero-order chi connectivity index (χ0) is 14.9. The third-order valence-electron chi connectivity index (χ3n) is 2.45. The quantitative estimate of drug-likeness (QED) is 0.494. The smallest absolute Gasteiger partial charge is 0.290 e. The number of nitrogens with zero attached hydrogens (tertiary/aromatic N) is 1. The number of amides is 2. The molecule has 0 bridgehead atoms. The van der Waals surface area contributed by atoms with E-state index in [4.69, 9.17) is 4.74 Å². The third-order valence-corrected chi connectivity index (χ3v) is 3.26. The van der Waals surface area contributed by atoms with Crippen LogP contribution >= 0.6 is 11.8 Å². The molecule has 2 amide bonds. The Hall–Kier alpha value is -2.55. The molecule has 2 rings (SSSR count). The average Bonchev–Trinajstić information content (AvgIpc) is 2.70. The summed E-state index contributed by atoms with van der Waals surface area (Å²) in [5.41, 5.74) is -0.287. The van der Waals surface area contributed by atoms with Crippen molar-refractivity contribution in [2.75, 3.05) is 7.11 Å². The van der Waals surface area contributed by atoms with Gasteiger partial charge in [0.1, 0.15) is 0 Å². The van der Waals surface area contributed by atoms with Crippen molar-refractivity contribution in [1.82, 2.24) is 5.32 Å². The minimum atomic E-state index is -0.656. The molecule has 1 saturated heterocycles. The lowest BCUT2D eigenvalue weighted by Crippen LogP contribution is -2.17. The number of imide groups is 1. The summed E-state index contributed by atoms with van der Waals surface area (Å²) in [7, 11) is 1.25. The molecule has 0 aliphatic carbocycles. The summed E-state index contributed by atoms with van der Waals surface area (Å²) in [6.07, 6.45) is 1.19. The first-order valence-electron chi connectivity index (χ1n) is 5.22. The zero-order valence-electron chi connectivity index (χ0n) is 10.1. The number of aromatic hydroxyl groups is 1. The van der Waals surface area contributed by atoms with Crippen LogP contribution in [0.5, 0.6) is 11.5 Å². The topological polar surface area (TPSA) is 119 Å². The highest BCUT2D eigenvalue weighted by Gasteiger charge is 2.26. The minimum Gasteiger partial charge on any atom is -0.504 e. The van der Waals surface area contributed by atoms with Crippen molar-refractivity contribution in [2.24, 2.45) is 0 Å². The predicted octanol–water partition coefficient (Wildman–Crippen LogP) is 1.63. The second-order valence-electron chi connectivity index (χ2n) is 3.70. The fourth-order valence-electron chi connectivity index (χ4n) is 1.55. The minimum absolute atomic E-state index is 0.0170. The van der Waals surface area contributed by atoms with Gasteiger partial charge in [0, 0.05) is 11.6 Å². The van der Waals surface area contributed by atoms with E-state index in [0.717, 1.165) is 12.1 Å². The number of non-ortho nitro benzene ring substituents is 1. The van der Waals surface area contributed by atoms with Gasteiger partial charge in [-0.25, -0.2) is 0 Å². The van der Waals surface area contributed by atoms with Crippen molar-refractivity contribution < 1.29 is 24.4 Å².